The van der Waals surface area contributed by atoms with Crippen LogP contribution in [0.2, 0.25) is 0 Å². The third kappa shape index (κ3) is 8.57. The highest BCUT2D eigenvalue weighted by Crippen LogP contribution is 2.12. The number of carbonyl (C=O) groups is 3. The number of unbranched alkanes of at least 4 members (excludes halogenated alkanes) is 3. The van der Waals surface area contributed by atoms with Crippen LogP contribution in [0.25, 0.3) is 0 Å². The number of methoxy groups -OCH3 is 1. The minimum atomic E-state index is -0.782. The Morgan fingerprint density at radius 3 is 2.22 bits per heavy atom. The number of hydrogen-bond acceptors (Lipinski definition) is 4. The van der Waals surface area contributed by atoms with Gasteiger partial charge in [0.05, 0.1) is 7.11 Å². The zero-order chi connectivity index (χ0) is 20.2. The van der Waals surface area contributed by atoms with Crippen molar-refractivity contribution in [3.63, 3.8) is 0 Å². The Hall–Kier alpha value is -2.57. The van der Waals surface area contributed by atoms with Gasteiger partial charge in [0.15, 0.2) is 0 Å². The Balaban J connectivity index is 2.43. The van der Waals surface area contributed by atoms with Gasteiger partial charge in [-0.05, 0) is 43.0 Å². The Labute approximate surface area is 160 Å². The van der Waals surface area contributed by atoms with Gasteiger partial charge in [0.1, 0.15) is 11.8 Å². The molecule has 27 heavy (non-hydrogen) atoms. The van der Waals surface area contributed by atoms with E-state index >= 15 is 0 Å². The minimum absolute atomic E-state index is 0.0530. The highest BCUT2D eigenvalue weighted by molar-refractivity contribution is 5.97. The van der Waals surface area contributed by atoms with Gasteiger partial charge in [-0.1, -0.05) is 26.7 Å². The van der Waals surface area contributed by atoms with E-state index in [1.807, 2.05) is 13.8 Å². The van der Waals surface area contributed by atoms with Crippen molar-refractivity contribution in [2.24, 2.45) is 5.92 Å². The van der Waals surface area contributed by atoms with E-state index in [4.69, 9.17) is 9.84 Å². The Kier molecular flexibility index (Phi) is 9.93. The van der Waals surface area contributed by atoms with E-state index in [0.29, 0.717) is 24.3 Å². The van der Waals surface area contributed by atoms with Crippen LogP contribution >= 0.6 is 0 Å². The third-order valence-electron chi connectivity index (χ3n) is 4.20. The van der Waals surface area contributed by atoms with Crippen LogP contribution in [0.15, 0.2) is 24.3 Å². The lowest BCUT2D eigenvalue weighted by atomic mass is 10.0. The van der Waals surface area contributed by atoms with Crippen LogP contribution in [-0.4, -0.2) is 42.6 Å². The SMILES string of the molecule is COc1ccc(C(=O)NC(C(=O)NCCCCCCC(=O)O)C(C)C)cc1. The molecule has 7 nitrogen and oxygen atoms in total. The molecule has 0 bridgehead atoms. The molecule has 0 aliphatic rings. The molecule has 0 aliphatic carbocycles. The molecule has 0 radical (unpaired) electrons. The number of amides is 2. The van der Waals surface area contributed by atoms with Crippen LogP contribution in [-0.2, 0) is 9.59 Å². The maximum atomic E-state index is 12.4. The summed E-state index contributed by atoms with van der Waals surface area (Å²) in [6.07, 6.45) is 3.29. The molecule has 0 aromatic heterocycles. The van der Waals surface area contributed by atoms with Gasteiger partial charge < -0.3 is 20.5 Å². The second-order valence-corrected chi connectivity index (χ2v) is 6.77. The molecule has 2 amide bonds. The molecule has 7 heteroatoms. The molecule has 0 fully saturated rings. The van der Waals surface area contributed by atoms with Crippen molar-refractivity contribution in [1.82, 2.24) is 10.6 Å². The normalized spacial score (nSPS) is 11.7. The van der Waals surface area contributed by atoms with Crippen molar-refractivity contribution < 1.29 is 24.2 Å². The number of aliphatic carboxylic acids is 1. The molecule has 1 atom stereocenters. The van der Waals surface area contributed by atoms with Crippen molar-refractivity contribution in [1.29, 1.82) is 0 Å². The molecular formula is C20H30N2O5. The number of ether oxygens (including phenoxy) is 1. The highest BCUT2D eigenvalue weighted by Gasteiger charge is 2.24. The molecule has 0 saturated heterocycles. The van der Waals surface area contributed by atoms with Gasteiger partial charge in [0.25, 0.3) is 5.91 Å². The summed E-state index contributed by atoms with van der Waals surface area (Å²) in [6.45, 7) is 4.27. The second kappa shape index (κ2) is 11.9. The van der Waals surface area contributed by atoms with E-state index in [9.17, 15) is 14.4 Å². The van der Waals surface area contributed by atoms with Gasteiger partial charge in [0.2, 0.25) is 5.91 Å². The van der Waals surface area contributed by atoms with Crippen LogP contribution < -0.4 is 15.4 Å². The molecule has 0 saturated carbocycles. The molecule has 150 valence electrons. The molecule has 1 aromatic rings. The smallest absolute Gasteiger partial charge is 0.303 e. The number of carbonyl (C=O) groups excluding carboxylic acids is 2. The number of nitrogens with one attached hydrogen (secondary N) is 2. The van der Waals surface area contributed by atoms with Crippen LogP contribution in [0.5, 0.6) is 5.75 Å². The molecule has 1 aromatic carbocycles. The van der Waals surface area contributed by atoms with Gasteiger partial charge >= 0.3 is 5.97 Å². The van der Waals surface area contributed by atoms with Crippen molar-refractivity contribution in [2.75, 3.05) is 13.7 Å². The number of hydrogen-bond donors (Lipinski definition) is 3. The van der Waals surface area contributed by atoms with Gasteiger partial charge in [-0.3, -0.25) is 14.4 Å². The van der Waals surface area contributed by atoms with E-state index in [0.717, 1.165) is 19.3 Å². The number of benzene rings is 1. The Bertz CT molecular complexity index is 613. The largest absolute Gasteiger partial charge is 0.497 e. The van der Waals surface area contributed by atoms with Gasteiger partial charge in [-0.25, -0.2) is 0 Å². The number of rotatable bonds is 12. The summed E-state index contributed by atoms with van der Waals surface area (Å²) in [4.78, 5) is 35.2. The molecule has 3 N–H and O–H groups in total. The fourth-order valence-electron chi connectivity index (χ4n) is 2.58. The van der Waals surface area contributed by atoms with Crippen molar-refractivity contribution in [3.8, 4) is 5.75 Å². The Morgan fingerprint density at radius 2 is 1.67 bits per heavy atom. The van der Waals surface area contributed by atoms with Gasteiger partial charge in [0, 0.05) is 18.5 Å². The fraction of sp³-hybridized carbons (Fsp3) is 0.550. The summed E-state index contributed by atoms with van der Waals surface area (Å²) >= 11 is 0. The lowest BCUT2D eigenvalue weighted by molar-refractivity contribution is -0.137. The van der Waals surface area contributed by atoms with Crippen LogP contribution in [0.1, 0.15) is 56.3 Å². The molecular weight excluding hydrogens is 348 g/mol. The second-order valence-electron chi connectivity index (χ2n) is 6.77. The highest BCUT2D eigenvalue weighted by atomic mass is 16.5. The first-order valence-electron chi connectivity index (χ1n) is 9.29. The predicted octanol–water partition coefficient (Wildman–Crippen LogP) is 2.60. The monoisotopic (exact) mass is 378 g/mol. The van der Waals surface area contributed by atoms with Crippen molar-refractivity contribution in [3.05, 3.63) is 29.8 Å². The first kappa shape index (κ1) is 22.5. The standard InChI is InChI=1S/C20H30N2O5/c1-14(2)18(20(26)21-13-7-5-4-6-8-17(23)24)22-19(25)15-9-11-16(27-3)12-10-15/h9-12,14,18H,4-8,13H2,1-3H3,(H,21,26)(H,22,25)(H,23,24). The summed E-state index contributed by atoms with van der Waals surface area (Å²) in [7, 11) is 1.56. The van der Waals surface area contributed by atoms with Crippen LogP contribution in [0, 0.1) is 5.92 Å². The van der Waals surface area contributed by atoms with E-state index in [1.54, 1.807) is 31.4 Å². The number of carboxylic acid groups (broad SMARTS) is 1. The lowest BCUT2D eigenvalue weighted by Crippen LogP contribution is -2.49. The quantitative estimate of drug-likeness (QED) is 0.485. The summed E-state index contributed by atoms with van der Waals surface area (Å²) in [5.74, 6) is -0.691. The molecule has 0 spiro atoms. The summed E-state index contributed by atoms with van der Waals surface area (Å²) in [5, 5.41) is 14.2. The zero-order valence-corrected chi connectivity index (χ0v) is 16.3. The van der Waals surface area contributed by atoms with E-state index in [-0.39, 0.29) is 24.2 Å². The fourth-order valence-corrected chi connectivity index (χ4v) is 2.58. The maximum Gasteiger partial charge on any atom is 0.303 e. The minimum Gasteiger partial charge on any atom is -0.497 e. The lowest BCUT2D eigenvalue weighted by Gasteiger charge is -2.22. The maximum absolute atomic E-state index is 12.4. The topological polar surface area (TPSA) is 105 Å². The Morgan fingerprint density at radius 1 is 1.04 bits per heavy atom. The van der Waals surface area contributed by atoms with E-state index in [2.05, 4.69) is 10.6 Å². The van der Waals surface area contributed by atoms with E-state index < -0.39 is 12.0 Å². The first-order valence-corrected chi connectivity index (χ1v) is 9.29. The molecule has 0 aliphatic heterocycles. The molecule has 0 heterocycles. The number of carboxylic acids is 1. The summed E-state index contributed by atoms with van der Waals surface area (Å²) < 4.78 is 5.07. The first-order chi connectivity index (χ1) is 12.8. The predicted molar refractivity (Wildman–Crippen MR) is 103 cm³/mol. The van der Waals surface area contributed by atoms with Gasteiger partial charge in [-0.2, -0.15) is 0 Å². The molecule has 1 unspecified atom stereocenters. The van der Waals surface area contributed by atoms with Crippen LogP contribution in [0.3, 0.4) is 0 Å². The van der Waals surface area contributed by atoms with Crippen molar-refractivity contribution >= 4 is 17.8 Å². The van der Waals surface area contributed by atoms with Crippen molar-refractivity contribution in [2.45, 2.75) is 52.0 Å². The van der Waals surface area contributed by atoms with Crippen LogP contribution in [0.4, 0.5) is 0 Å². The third-order valence-corrected chi connectivity index (χ3v) is 4.20. The zero-order valence-electron chi connectivity index (χ0n) is 16.3. The molecule has 1 rings (SSSR count). The average molecular weight is 378 g/mol. The average Bonchev–Trinajstić information content (AvgIpc) is 2.64. The van der Waals surface area contributed by atoms with E-state index in [1.165, 1.54) is 0 Å². The van der Waals surface area contributed by atoms with Gasteiger partial charge in [-0.15, -0.1) is 0 Å². The summed E-state index contributed by atoms with van der Waals surface area (Å²) in [6, 6.07) is 6.08. The summed E-state index contributed by atoms with van der Waals surface area (Å²) in [5.41, 5.74) is 0.465.